The highest BCUT2D eigenvalue weighted by Gasteiger charge is 2.33. The van der Waals surface area contributed by atoms with E-state index in [1.807, 2.05) is 32.7 Å². The van der Waals surface area contributed by atoms with E-state index in [-0.39, 0.29) is 17.9 Å². The van der Waals surface area contributed by atoms with Crippen molar-refractivity contribution in [1.29, 1.82) is 0 Å². The van der Waals surface area contributed by atoms with Gasteiger partial charge in [0.2, 0.25) is 5.78 Å². The van der Waals surface area contributed by atoms with Gasteiger partial charge in [0.1, 0.15) is 5.60 Å². The number of nitrogens with zero attached hydrogens (tertiary/aromatic N) is 3. The van der Waals surface area contributed by atoms with Gasteiger partial charge in [-0.25, -0.2) is 9.78 Å². The van der Waals surface area contributed by atoms with Gasteiger partial charge in [0.25, 0.3) is 0 Å². The Hall–Kier alpha value is -1.47. The third kappa shape index (κ3) is 5.28. The molecule has 2 heterocycles. The first-order valence-electron chi connectivity index (χ1n) is 7.87. The summed E-state index contributed by atoms with van der Waals surface area (Å²) in [5, 5.41) is 2.33. The van der Waals surface area contributed by atoms with Crippen molar-refractivity contribution in [3.63, 3.8) is 0 Å². The summed E-state index contributed by atoms with van der Waals surface area (Å²) in [6.45, 7) is 7.30. The molecule has 2 rings (SSSR count). The molecule has 0 N–H and O–H groups in total. The van der Waals surface area contributed by atoms with Crippen LogP contribution < -0.4 is 0 Å². The zero-order valence-electron chi connectivity index (χ0n) is 14.2. The van der Waals surface area contributed by atoms with Crippen molar-refractivity contribution < 1.29 is 14.3 Å². The molecule has 0 spiro atoms. The lowest BCUT2D eigenvalue weighted by Gasteiger charge is -2.30. The summed E-state index contributed by atoms with van der Waals surface area (Å²) >= 11 is 1.36. The first kappa shape index (κ1) is 17.9. The maximum atomic E-state index is 12.3. The number of likely N-dealkylation sites (N-methyl/N-ethyl adjacent to an activating group) is 1. The lowest BCUT2D eigenvalue weighted by Crippen LogP contribution is -2.45. The molecule has 7 heteroatoms. The molecule has 23 heavy (non-hydrogen) atoms. The van der Waals surface area contributed by atoms with Crippen LogP contribution in [0, 0.1) is 0 Å². The molecule has 1 aliphatic heterocycles. The summed E-state index contributed by atoms with van der Waals surface area (Å²) in [6, 6.07) is 0.0962. The summed E-state index contributed by atoms with van der Waals surface area (Å²) in [5.41, 5.74) is -0.489. The van der Waals surface area contributed by atoms with Gasteiger partial charge in [-0.05, 0) is 40.7 Å². The van der Waals surface area contributed by atoms with Crippen LogP contribution in [0.4, 0.5) is 4.79 Å². The number of carbonyl (C=O) groups is 2. The normalized spacial score (nSPS) is 18.5. The molecule has 1 unspecified atom stereocenters. The standard InChI is InChI=1S/C16H25N3O3S/c1-16(2,3)22-15(21)19-8-5-6-12(19)10-18(4)11-13(20)14-17-7-9-23-14/h7,9,12H,5-6,8,10-11H2,1-4H3. The topological polar surface area (TPSA) is 62.7 Å². The summed E-state index contributed by atoms with van der Waals surface area (Å²) in [5.74, 6) is 0.0179. The van der Waals surface area contributed by atoms with Crippen LogP contribution in [-0.4, -0.2) is 65.0 Å². The van der Waals surface area contributed by atoms with Crippen LogP contribution in [-0.2, 0) is 4.74 Å². The fourth-order valence-electron chi connectivity index (χ4n) is 2.68. The fraction of sp³-hybridized carbons (Fsp3) is 0.688. The second-order valence-corrected chi connectivity index (χ2v) is 7.82. The number of rotatable bonds is 5. The molecule has 1 atom stereocenters. The molecule has 1 fully saturated rings. The molecule has 6 nitrogen and oxygen atoms in total. The zero-order valence-corrected chi connectivity index (χ0v) is 15.1. The smallest absolute Gasteiger partial charge is 0.410 e. The van der Waals surface area contributed by atoms with E-state index in [1.165, 1.54) is 11.3 Å². The number of carbonyl (C=O) groups excluding carboxylic acids is 2. The van der Waals surface area contributed by atoms with Crippen molar-refractivity contribution in [3.8, 4) is 0 Å². The molecule has 1 amide bonds. The molecule has 1 aromatic rings. The maximum absolute atomic E-state index is 12.3. The highest BCUT2D eigenvalue weighted by Crippen LogP contribution is 2.21. The number of amides is 1. The van der Waals surface area contributed by atoms with Crippen LogP contribution >= 0.6 is 11.3 Å². The molecular weight excluding hydrogens is 314 g/mol. The third-order valence-corrected chi connectivity index (χ3v) is 4.43. The number of ether oxygens (including phenoxy) is 1. The predicted molar refractivity (Wildman–Crippen MR) is 89.9 cm³/mol. The quantitative estimate of drug-likeness (QED) is 0.772. The van der Waals surface area contributed by atoms with Crippen molar-refractivity contribution >= 4 is 23.2 Å². The minimum Gasteiger partial charge on any atom is -0.444 e. The van der Waals surface area contributed by atoms with Gasteiger partial charge in [-0.1, -0.05) is 0 Å². The van der Waals surface area contributed by atoms with Gasteiger partial charge in [0, 0.05) is 30.7 Å². The number of hydrogen-bond donors (Lipinski definition) is 0. The van der Waals surface area contributed by atoms with Crippen molar-refractivity contribution in [2.24, 2.45) is 0 Å². The second kappa shape index (κ2) is 7.40. The lowest BCUT2D eigenvalue weighted by molar-refractivity contribution is 0.0205. The van der Waals surface area contributed by atoms with E-state index >= 15 is 0 Å². The van der Waals surface area contributed by atoms with Crippen LogP contribution in [0.15, 0.2) is 11.6 Å². The first-order valence-corrected chi connectivity index (χ1v) is 8.75. The van der Waals surface area contributed by atoms with E-state index in [0.717, 1.165) is 12.8 Å². The Morgan fingerprint density at radius 2 is 2.22 bits per heavy atom. The molecule has 0 saturated carbocycles. The van der Waals surface area contributed by atoms with Gasteiger partial charge in [0.05, 0.1) is 6.54 Å². The van der Waals surface area contributed by atoms with Crippen LogP contribution in [0.5, 0.6) is 0 Å². The highest BCUT2D eigenvalue weighted by atomic mass is 32.1. The fourth-order valence-corrected chi connectivity index (χ4v) is 3.25. The first-order chi connectivity index (χ1) is 10.8. The number of ketones is 1. The number of Topliss-reactive ketones (excluding diaryl/α,β-unsaturated/α-hetero) is 1. The molecule has 0 radical (unpaired) electrons. The summed E-state index contributed by atoms with van der Waals surface area (Å²) < 4.78 is 5.47. The van der Waals surface area contributed by atoms with Gasteiger partial charge in [0.15, 0.2) is 5.01 Å². The Balaban J connectivity index is 1.88. The average molecular weight is 339 g/mol. The van der Waals surface area contributed by atoms with E-state index in [0.29, 0.717) is 24.6 Å². The minimum atomic E-state index is -0.489. The minimum absolute atomic E-state index is 0.0179. The third-order valence-electron chi connectivity index (χ3n) is 3.61. The van der Waals surface area contributed by atoms with Crippen molar-refractivity contribution in [1.82, 2.24) is 14.8 Å². The molecular formula is C16H25N3O3S. The number of hydrogen-bond acceptors (Lipinski definition) is 6. The van der Waals surface area contributed by atoms with E-state index in [4.69, 9.17) is 4.74 Å². The summed E-state index contributed by atoms with van der Waals surface area (Å²) in [4.78, 5) is 32.2. The van der Waals surface area contributed by atoms with E-state index < -0.39 is 5.60 Å². The molecule has 1 aliphatic rings. The average Bonchev–Trinajstić information content (AvgIpc) is 3.06. The molecule has 0 bridgehead atoms. The number of likely N-dealkylation sites (tertiary alicyclic amines) is 1. The SMILES string of the molecule is CN(CC(=O)c1nccs1)CC1CCCN1C(=O)OC(C)(C)C. The van der Waals surface area contributed by atoms with Gasteiger partial charge in [-0.15, -0.1) is 11.3 Å². The molecule has 1 saturated heterocycles. The highest BCUT2D eigenvalue weighted by molar-refractivity contribution is 7.11. The maximum Gasteiger partial charge on any atom is 0.410 e. The van der Waals surface area contributed by atoms with E-state index in [2.05, 4.69) is 4.98 Å². The molecule has 1 aromatic heterocycles. The van der Waals surface area contributed by atoms with E-state index in [1.54, 1.807) is 16.5 Å². The van der Waals surface area contributed by atoms with Crippen LogP contribution in [0.3, 0.4) is 0 Å². The van der Waals surface area contributed by atoms with Gasteiger partial charge in [-0.2, -0.15) is 0 Å². The second-order valence-electron chi connectivity index (χ2n) is 6.93. The largest absolute Gasteiger partial charge is 0.444 e. The van der Waals surface area contributed by atoms with Crippen LogP contribution in [0.1, 0.15) is 43.4 Å². The number of aromatic nitrogens is 1. The van der Waals surface area contributed by atoms with Crippen molar-refractivity contribution in [2.75, 3.05) is 26.7 Å². The predicted octanol–water partition coefficient (Wildman–Crippen LogP) is 2.66. The van der Waals surface area contributed by atoms with Gasteiger partial charge in [-0.3, -0.25) is 9.69 Å². The summed E-state index contributed by atoms with van der Waals surface area (Å²) in [7, 11) is 1.90. The lowest BCUT2D eigenvalue weighted by atomic mass is 10.2. The summed E-state index contributed by atoms with van der Waals surface area (Å²) in [6.07, 6.45) is 3.28. The monoisotopic (exact) mass is 339 g/mol. The van der Waals surface area contributed by atoms with Gasteiger partial charge < -0.3 is 9.64 Å². The van der Waals surface area contributed by atoms with Crippen molar-refractivity contribution in [2.45, 2.75) is 45.3 Å². The van der Waals surface area contributed by atoms with Crippen molar-refractivity contribution in [3.05, 3.63) is 16.6 Å². The van der Waals surface area contributed by atoms with Gasteiger partial charge >= 0.3 is 6.09 Å². The molecule has 128 valence electrons. The molecule has 0 aromatic carbocycles. The van der Waals surface area contributed by atoms with E-state index in [9.17, 15) is 9.59 Å². The zero-order chi connectivity index (χ0) is 17.0. The Kier molecular flexibility index (Phi) is 5.75. The Morgan fingerprint density at radius 3 is 2.83 bits per heavy atom. The Labute approximate surface area is 141 Å². The number of thiazole rings is 1. The molecule has 0 aliphatic carbocycles. The Bertz CT molecular complexity index is 539. The Morgan fingerprint density at radius 1 is 1.48 bits per heavy atom. The van der Waals surface area contributed by atoms with Crippen LogP contribution in [0.2, 0.25) is 0 Å². The van der Waals surface area contributed by atoms with Crippen LogP contribution in [0.25, 0.3) is 0 Å².